The Kier molecular flexibility index (Phi) is 5.11. The van der Waals surface area contributed by atoms with Gasteiger partial charge in [0.15, 0.2) is 5.78 Å². The molecular weight excluding hydrogens is 262 g/mol. The van der Waals surface area contributed by atoms with Crippen LogP contribution in [0.4, 0.5) is 0 Å². The fourth-order valence-corrected chi connectivity index (χ4v) is 2.32. The predicted molar refractivity (Wildman–Crippen MR) is 81.4 cm³/mol. The number of rotatable bonds is 6. The van der Waals surface area contributed by atoms with Gasteiger partial charge in [-0.3, -0.25) is 4.79 Å². The van der Waals surface area contributed by atoms with Gasteiger partial charge < -0.3 is 4.74 Å². The third kappa shape index (κ3) is 3.70. The molecule has 0 aliphatic rings. The Balaban J connectivity index is 2.32. The smallest absolute Gasteiger partial charge is 0.170 e. The summed E-state index contributed by atoms with van der Waals surface area (Å²) in [7, 11) is 1.58. The molecule has 0 aliphatic heterocycles. The van der Waals surface area contributed by atoms with E-state index in [0.29, 0.717) is 24.2 Å². The molecular formula is C18H17NO2. The Morgan fingerprint density at radius 2 is 1.95 bits per heavy atom. The highest BCUT2D eigenvalue weighted by Gasteiger charge is 2.21. The van der Waals surface area contributed by atoms with Gasteiger partial charge in [-0.05, 0) is 24.1 Å². The van der Waals surface area contributed by atoms with Crippen molar-refractivity contribution in [1.82, 2.24) is 0 Å². The molecule has 2 rings (SSSR count). The van der Waals surface area contributed by atoms with Crippen molar-refractivity contribution >= 4 is 5.78 Å². The van der Waals surface area contributed by atoms with E-state index in [4.69, 9.17) is 10.00 Å². The Bertz CT molecular complexity index is 644. The van der Waals surface area contributed by atoms with E-state index in [1.54, 1.807) is 25.3 Å². The van der Waals surface area contributed by atoms with Gasteiger partial charge in [-0.1, -0.05) is 42.5 Å². The van der Waals surface area contributed by atoms with E-state index >= 15 is 0 Å². The second-order valence-electron chi connectivity index (χ2n) is 4.76. The Morgan fingerprint density at radius 3 is 2.62 bits per heavy atom. The Hall–Kier alpha value is -2.60. The van der Waals surface area contributed by atoms with Crippen molar-refractivity contribution in [1.29, 1.82) is 5.26 Å². The van der Waals surface area contributed by atoms with E-state index in [-0.39, 0.29) is 11.7 Å². The topological polar surface area (TPSA) is 50.1 Å². The van der Waals surface area contributed by atoms with Gasteiger partial charge in [0, 0.05) is 17.9 Å². The summed E-state index contributed by atoms with van der Waals surface area (Å²) in [5.41, 5.74) is 1.56. The highest BCUT2D eigenvalue weighted by molar-refractivity contribution is 6.01. The summed E-state index contributed by atoms with van der Waals surface area (Å²) in [6, 6.07) is 18.9. The van der Waals surface area contributed by atoms with Crippen LogP contribution in [0.5, 0.6) is 5.75 Å². The second kappa shape index (κ2) is 7.25. The minimum atomic E-state index is -0.294. The summed E-state index contributed by atoms with van der Waals surface area (Å²) in [4.78, 5) is 12.8. The quantitative estimate of drug-likeness (QED) is 0.752. The first-order chi connectivity index (χ1) is 10.3. The summed E-state index contributed by atoms with van der Waals surface area (Å²) in [5.74, 6) is 0.390. The number of carbonyl (C=O) groups excluding carboxylic acids is 1. The second-order valence-corrected chi connectivity index (χ2v) is 4.76. The Labute approximate surface area is 124 Å². The molecule has 0 bridgehead atoms. The summed E-state index contributed by atoms with van der Waals surface area (Å²) in [6.45, 7) is 0. The van der Waals surface area contributed by atoms with Gasteiger partial charge in [0.25, 0.3) is 0 Å². The lowest BCUT2D eigenvalue weighted by Crippen LogP contribution is -2.13. The number of hydrogen-bond acceptors (Lipinski definition) is 3. The molecule has 0 spiro atoms. The zero-order chi connectivity index (χ0) is 15.1. The first kappa shape index (κ1) is 14.8. The van der Waals surface area contributed by atoms with Gasteiger partial charge in [-0.2, -0.15) is 5.26 Å². The molecule has 3 nitrogen and oxygen atoms in total. The number of ketones is 1. The first-order valence-corrected chi connectivity index (χ1v) is 6.86. The SMILES string of the molecule is COc1cccc(C(=O)[C@@H](CCC#N)c2ccccc2)c1. The Morgan fingerprint density at radius 1 is 1.19 bits per heavy atom. The highest BCUT2D eigenvalue weighted by atomic mass is 16.5. The molecule has 0 radical (unpaired) electrons. The van der Waals surface area contributed by atoms with Crippen LogP contribution in [0.1, 0.15) is 34.7 Å². The molecule has 21 heavy (non-hydrogen) atoms. The maximum Gasteiger partial charge on any atom is 0.170 e. The standard InChI is InChI=1S/C18H17NO2/c1-21-16-10-5-9-15(13-16)18(20)17(11-6-12-19)14-7-3-2-4-8-14/h2-5,7-10,13,17H,6,11H2,1H3/t17-/m0/s1. The van der Waals surface area contributed by atoms with E-state index in [1.807, 2.05) is 36.4 Å². The van der Waals surface area contributed by atoms with Crippen LogP contribution in [0, 0.1) is 11.3 Å². The van der Waals surface area contributed by atoms with Crippen LogP contribution < -0.4 is 4.74 Å². The van der Waals surface area contributed by atoms with E-state index in [0.717, 1.165) is 5.56 Å². The third-order valence-corrected chi connectivity index (χ3v) is 3.42. The van der Waals surface area contributed by atoms with E-state index in [1.165, 1.54) is 0 Å². The average molecular weight is 279 g/mol. The van der Waals surface area contributed by atoms with Crippen LogP contribution in [0.2, 0.25) is 0 Å². The molecule has 0 amide bonds. The largest absolute Gasteiger partial charge is 0.497 e. The first-order valence-electron chi connectivity index (χ1n) is 6.86. The molecule has 3 heteroatoms. The monoisotopic (exact) mass is 279 g/mol. The number of hydrogen-bond donors (Lipinski definition) is 0. The van der Waals surface area contributed by atoms with Crippen LogP contribution in [0.25, 0.3) is 0 Å². The summed E-state index contributed by atoms with van der Waals surface area (Å²) < 4.78 is 5.17. The van der Waals surface area contributed by atoms with Crippen molar-refractivity contribution in [3.05, 3.63) is 65.7 Å². The van der Waals surface area contributed by atoms with Gasteiger partial charge in [-0.15, -0.1) is 0 Å². The number of methoxy groups -OCH3 is 1. The van der Waals surface area contributed by atoms with E-state index in [2.05, 4.69) is 6.07 Å². The zero-order valence-electron chi connectivity index (χ0n) is 12.0. The minimum absolute atomic E-state index is 0.0235. The molecule has 0 aromatic heterocycles. The molecule has 1 atom stereocenters. The average Bonchev–Trinajstić information content (AvgIpc) is 2.56. The van der Waals surface area contributed by atoms with Gasteiger partial charge in [0.2, 0.25) is 0 Å². The highest BCUT2D eigenvalue weighted by Crippen LogP contribution is 2.27. The summed E-state index contributed by atoms with van der Waals surface area (Å²) in [6.07, 6.45) is 0.881. The molecule has 0 heterocycles. The number of carbonyl (C=O) groups is 1. The van der Waals surface area contributed by atoms with Crippen LogP contribution >= 0.6 is 0 Å². The van der Waals surface area contributed by atoms with Crippen LogP contribution in [-0.4, -0.2) is 12.9 Å². The van der Waals surface area contributed by atoms with Crippen LogP contribution in [0.3, 0.4) is 0 Å². The maximum absolute atomic E-state index is 12.8. The van der Waals surface area contributed by atoms with Crippen molar-refractivity contribution < 1.29 is 9.53 Å². The van der Waals surface area contributed by atoms with E-state index in [9.17, 15) is 4.79 Å². The number of benzene rings is 2. The van der Waals surface area contributed by atoms with Gasteiger partial charge in [-0.25, -0.2) is 0 Å². The minimum Gasteiger partial charge on any atom is -0.497 e. The van der Waals surface area contributed by atoms with Crippen molar-refractivity contribution in [3.63, 3.8) is 0 Å². The summed E-state index contributed by atoms with van der Waals surface area (Å²) >= 11 is 0. The number of nitriles is 1. The fourth-order valence-electron chi connectivity index (χ4n) is 2.32. The molecule has 2 aromatic carbocycles. The lowest BCUT2D eigenvalue weighted by Gasteiger charge is -2.15. The van der Waals surface area contributed by atoms with Crippen molar-refractivity contribution in [2.45, 2.75) is 18.8 Å². The molecule has 0 saturated heterocycles. The number of nitrogens with zero attached hydrogens (tertiary/aromatic N) is 1. The number of Topliss-reactive ketones (excluding diaryl/α,β-unsaturated/α-hetero) is 1. The predicted octanol–water partition coefficient (Wildman–Crippen LogP) is 3.97. The molecule has 0 aliphatic carbocycles. The normalized spacial score (nSPS) is 11.4. The zero-order valence-corrected chi connectivity index (χ0v) is 12.0. The molecule has 2 aromatic rings. The lowest BCUT2D eigenvalue weighted by molar-refractivity contribution is 0.0955. The summed E-state index contributed by atoms with van der Waals surface area (Å²) in [5, 5.41) is 8.82. The molecule has 106 valence electrons. The third-order valence-electron chi connectivity index (χ3n) is 3.42. The number of ether oxygens (including phenoxy) is 1. The van der Waals surface area contributed by atoms with Crippen LogP contribution in [0.15, 0.2) is 54.6 Å². The van der Waals surface area contributed by atoms with Crippen molar-refractivity contribution in [2.24, 2.45) is 0 Å². The molecule has 0 unspecified atom stereocenters. The van der Waals surface area contributed by atoms with Crippen molar-refractivity contribution in [3.8, 4) is 11.8 Å². The van der Waals surface area contributed by atoms with Gasteiger partial charge >= 0.3 is 0 Å². The lowest BCUT2D eigenvalue weighted by atomic mass is 9.87. The molecule has 0 N–H and O–H groups in total. The fraction of sp³-hybridized carbons (Fsp3) is 0.222. The van der Waals surface area contributed by atoms with E-state index < -0.39 is 0 Å². The van der Waals surface area contributed by atoms with Gasteiger partial charge in [0.1, 0.15) is 5.75 Å². The van der Waals surface area contributed by atoms with Crippen molar-refractivity contribution in [2.75, 3.05) is 7.11 Å². The van der Waals surface area contributed by atoms with Gasteiger partial charge in [0.05, 0.1) is 13.2 Å². The molecule has 0 fully saturated rings. The maximum atomic E-state index is 12.8. The molecule has 0 saturated carbocycles. The van der Waals surface area contributed by atoms with Crippen LogP contribution in [-0.2, 0) is 0 Å².